The fraction of sp³-hybridized carbons (Fsp3) is 0.294. The van der Waals surface area contributed by atoms with Gasteiger partial charge in [-0.05, 0) is 22.0 Å². The lowest BCUT2D eigenvalue weighted by Gasteiger charge is -2.30. The summed E-state index contributed by atoms with van der Waals surface area (Å²) in [5, 5.41) is 11.2. The summed E-state index contributed by atoms with van der Waals surface area (Å²) in [5.74, 6) is -0.714. The van der Waals surface area contributed by atoms with Crippen molar-refractivity contribution in [1.29, 1.82) is 0 Å². The van der Waals surface area contributed by atoms with Crippen LogP contribution in [-0.2, 0) is 9.53 Å². The van der Waals surface area contributed by atoms with Crippen LogP contribution >= 0.6 is 0 Å². The summed E-state index contributed by atoms with van der Waals surface area (Å²) in [6.45, 7) is 1.84. The molecule has 8 heteroatoms. The van der Waals surface area contributed by atoms with E-state index in [1.807, 2.05) is 6.07 Å². The van der Waals surface area contributed by atoms with Crippen molar-refractivity contribution in [2.24, 2.45) is 0 Å². The minimum Gasteiger partial charge on any atom is -0.467 e. The molecule has 3 rings (SSSR count). The summed E-state index contributed by atoms with van der Waals surface area (Å²) < 4.78 is 11.0. The topological polar surface area (TPSA) is 94.8 Å². The van der Waals surface area contributed by atoms with Crippen LogP contribution in [0.1, 0.15) is 11.7 Å². The van der Waals surface area contributed by atoms with Crippen molar-refractivity contribution >= 4 is 11.7 Å². The Hall–Kier alpha value is -3.00. The van der Waals surface area contributed by atoms with E-state index in [0.29, 0.717) is 31.9 Å². The minimum absolute atomic E-state index is 0.0389. The third-order valence-electron chi connectivity index (χ3n) is 3.82. The van der Waals surface area contributed by atoms with Gasteiger partial charge in [-0.15, -0.1) is 0 Å². The molecular formula is C17H17N3O5. The first-order valence-corrected chi connectivity index (χ1v) is 7.84. The Morgan fingerprint density at radius 3 is 2.60 bits per heavy atom. The van der Waals surface area contributed by atoms with Crippen LogP contribution in [0.2, 0.25) is 0 Å². The zero-order valence-corrected chi connectivity index (χ0v) is 13.4. The molecule has 1 aromatic heterocycles. The highest BCUT2D eigenvalue weighted by molar-refractivity contribution is 5.83. The normalized spacial score (nSPS) is 15.4. The van der Waals surface area contributed by atoms with Crippen LogP contribution < -0.4 is 4.74 Å². The monoisotopic (exact) mass is 343 g/mol. The van der Waals surface area contributed by atoms with Crippen LogP contribution in [-0.4, -0.2) is 47.0 Å². The van der Waals surface area contributed by atoms with Gasteiger partial charge in [0.25, 0.3) is 5.91 Å². The lowest BCUT2D eigenvalue weighted by atomic mass is 10.1. The maximum Gasteiger partial charge on any atom is 0.406 e. The van der Waals surface area contributed by atoms with Crippen molar-refractivity contribution in [1.82, 2.24) is 9.88 Å². The molecule has 1 aromatic carbocycles. The second-order valence-electron chi connectivity index (χ2n) is 5.43. The summed E-state index contributed by atoms with van der Waals surface area (Å²) in [5.41, 5.74) is 0.622. The lowest BCUT2D eigenvalue weighted by molar-refractivity contribution is -0.390. The predicted octanol–water partition coefficient (Wildman–Crippen LogP) is 1.97. The maximum atomic E-state index is 12.9. The molecule has 1 amide bonds. The minimum atomic E-state index is -0.984. The third kappa shape index (κ3) is 3.92. The number of pyridine rings is 1. The van der Waals surface area contributed by atoms with Crippen molar-refractivity contribution in [2.75, 3.05) is 26.3 Å². The van der Waals surface area contributed by atoms with E-state index in [2.05, 4.69) is 4.98 Å². The SMILES string of the molecule is O=C([C@@H](Oc1cccnc1[N+](=O)[O-])c1ccccc1)N1CCOCC1. The Kier molecular flexibility index (Phi) is 5.20. The van der Waals surface area contributed by atoms with Gasteiger partial charge in [0.05, 0.1) is 13.2 Å². The number of carbonyl (C=O) groups excluding carboxylic acids is 1. The molecule has 0 saturated carbocycles. The number of hydrogen-bond donors (Lipinski definition) is 0. The van der Waals surface area contributed by atoms with E-state index >= 15 is 0 Å². The van der Waals surface area contributed by atoms with Gasteiger partial charge in [0.15, 0.2) is 0 Å². The van der Waals surface area contributed by atoms with Gasteiger partial charge in [0.1, 0.15) is 6.20 Å². The summed E-state index contributed by atoms with van der Waals surface area (Å²) in [7, 11) is 0. The molecular weight excluding hydrogens is 326 g/mol. The van der Waals surface area contributed by atoms with E-state index < -0.39 is 16.8 Å². The fourth-order valence-electron chi connectivity index (χ4n) is 2.58. The van der Waals surface area contributed by atoms with Gasteiger partial charge in [-0.1, -0.05) is 30.3 Å². The maximum absolute atomic E-state index is 12.9. The molecule has 8 nitrogen and oxygen atoms in total. The molecule has 0 spiro atoms. The van der Waals surface area contributed by atoms with Crippen LogP contribution in [0.15, 0.2) is 48.7 Å². The summed E-state index contributed by atoms with van der Waals surface area (Å²) >= 11 is 0. The van der Waals surface area contributed by atoms with Crippen LogP contribution in [0.5, 0.6) is 5.75 Å². The summed E-state index contributed by atoms with van der Waals surface area (Å²) in [6.07, 6.45) is 0.328. The lowest BCUT2D eigenvalue weighted by Crippen LogP contribution is -2.44. The molecule has 2 aromatic rings. The first-order chi connectivity index (χ1) is 12.2. The molecule has 25 heavy (non-hydrogen) atoms. The first kappa shape index (κ1) is 16.8. The quantitative estimate of drug-likeness (QED) is 0.608. The Bertz CT molecular complexity index is 747. The van der Waals surface area contributed by atoms with Crippen molar-refractivity contribution in [2.45, 2.75) is 6.10 Å². The molecule has 0 unspecified atom stereocenters. The van der Waals surface area contributed by atoms with Crippen molar-refractivity contribution in [3.63, 3.8) is 0 Å². The number of amides is 1. The number of rotatable bonds is 5. The molecule has 1 aliphatic rings. The number of nitro groups is 1. The van der Waals surface area contributed by atoms with Crippen LogP contribution in [0, 0.1) is 10.1 Å². The van der Waals surface area contributed by atoms with Gasteiger partial charge < -0.3 is 24.5 Å². The number of benzene rings is 1. The van der Waals surface area contributed by atoms with Gasteiger partial charge in [-0.3, -0.25) is 4.79 Å². The highest BCUT2D eigenvalue weighted by atomic mass is 16.6. The number of hydrogen-bond acceptors (Lipinski definition) is 6. The smallest absolute Gasteiger partial charge is 0.406 e. The van der Waals surface area contributed by atoms with E-state index in [0.717, 1.165) is 0 Å². The van der Waals surface area contributed by atoms with E-state index in [4.69, 9.17) is 9.47 Å². The van der Waals surface area contributed by atoms with Crippen LogP contribution in [0.4, 0.5) is 5.82 Å². The Labute approximate surface area is 144 Å². The van der Waals surface area contributed by atoms with Crippen LogP contribution in [0.25, 0.3) is 0 Å². The first-order valence-electron chi connectivity index (χ1n) is 7.84. The zero-order valence-electron chi connectivity index (χ0n) is 13.4. The highest BCUT2D eigenvalue weighted by Crippen LogP contribution is 2.30. The van der Waals surface area contributed by atoms with Crippen molar-refractivity contribution in [3.05, 3.63) is 64.3 Å². The van der Waals surface area contributed by atoms with Crippen molar-refractivity contribution < 1.29 is 19.2 Å². The number of morpholine rings is 1. The molecule has 0 bridgehead atoms. The van der Waals surface area contributed by atoms with E-state index in [1.54, 1.807) is 29.2 Å². The molecule has 0 aliphatic carbocycles. The average molecular weight is 343 g/mol. The zero-order chi connectivity index (χ0) is 17.6. The largest absolute Gasteiger partial charge is 0.467 e. The van der Waals surface area contributed by atoms with Crippen molar-refractivity contribution in [3.8, 4) is 5.75 Å². The number of aromatic nitrogens is 1. The Morgan fingerprint density at radius 1 is 1.20 bits per heavy atom. The third-order valence-corrected chi connectivity index (χ3v) is 3.82. The second-order valence-corrected chi connectivity index (χ2v) is 5.43. The molecule has 1 fully saturated rings. The number of nitrogens with zero attached hydrogens (tertiary/aromatic N) is 3. The highest BCUT2D eigenvalue weighted by Gasteiger charge is 2.31. The number of carbonyl (C=O) groups is 1. The average Bonchev–Trinajstić information content (AvgIpc) is 2.67. The van der Waals surface area contributed by atoms with Gasteiger partial charge >= 0.3 is 5.82 Å². The molecule has 130 valence electrons. The molecule has 1 saturated heterocycles. The molecule has 1 aliphatic heterocycles. The second kappa shape index (κ2) is 7.71. The van der Waals surface area contributed by atoms with Gasteiger partial charge in [0, 0.05) is 18.7 Å². The van der Waals surface area contributed by atoms with Gasteiger partial charge in [-0.25, -0.2) is 0 Å². The molecule has 1 atom stereocenters. The molecule has 0 radical (unpaired) electrons. The molecule has 0 N–H and O–H groups in total. The fourth-order valence-corrected chi connectivity index (χ4v) is 2.58. The Morgan fingerprint density at radius 2 is 1.92 bits per heavy atom. The Balaban J connectivity index is 1.92. The van der Waals surface area contributed by atoms with E-state index in [-0.39, 0.29) is 11.7 Å². The van der Waals surface area contributed by atoms with Gasteiger partial charge in [0.2, 0.25) is 11.9 Å². The molecule has 2 heterocycles. The number of ether oxygens (including phenoxy) is 2. The summed E-state index contributed by atoms with van der Waals surface area (Å²) in [6, 6.07) is 11.9. The summed E-state index contributed by atoms with van der Waals surface area (Å²) in [4.78, 5) is 28.8. The predicted molar refractivity (Wildman–Crippen MR) is 88.1 cm³/mol. The van der Waals surface area contributed by atoms with E-state index in [9.17, 15) is 14.9 Å². The standard InChI is InChI=1S/C17H17N3O5/c21-17(19-9-11-24-12-10-19)15(13-5-2-1-3-6-13)25-14-7-4-8-18-16(14)20(22)23/h1-8,15H,9-12H2/t15-/m0/s1. The van der Waals surface area contributed by atoms with Gasteiger partial charge in [-0.2, -0.15) is 0 Å². The van der Waals surface area contributed by atoms with E-state index in [1.165, 1.54) is 18.3 Å². The van der Waals surface area contributed by atoms with Crippen LogP contribution in [0.3, 0.4) is 0 Å².